The minimum atomic E-state index is -4.67. The number of nitrogens with one attached hydrogen (secondary N) is 2. The highest BCUT2D eigenvalue weighted by atomic mass is 35.5. The summed E-state index contributed by atoms with van der Waals surface area (Å²) in [6, 6.07) is 4.42. The van der Waals surface area contributed by atoms with Crippen molar-refractivity contribution in [2.75, 3.05) is 44.6 Å². The molecule has 0 bridgehead atoms. The zero-order valence-corrected chi connectivity index (χ0v) is 26.0. The van der Waals surface area contributed by atoms with Crippen molar-refractivity contribution in [2.45, 2.75) is 37.9 Å². The Labute approximate surface area is 268 Å². The molecule has 1 unspecified atom stereocenters. The van der Waals surface area contributed by atoms with E-state index in [9.17, 15) is 27.6 Å². The van der Waals surface area contributed by atoms with Gasteiger partial charge in [0.05, 0.1) is 34.1 Å². The first-order chi connectivity index (χ1) is 21.0. The Balaban J connectivity index is 0.00000400. The van der Waals surface area contributed by atoms with Gasteiger partial charge in [0.25, 0.3) is 11.8 Å². The SMILES string of the molecule is Cl.Cn1c(-c2cn(C3CC3)nc2C(F)(F)F)cnc1C(=O)Nc1ccc(C(=O)N2CCN(C(=O)CC3CCNC3)CC2)c(Cl)c1. The molecule has 3 amide bonds. The van der Waals surface area contributed by atoms with E-state index in [0.717, 1.165) is 32.4 Å². The van der Waals surface area contributed by atoms with Crippen LogP contribution in [0.1, 0.15) is 58.4 Å². The molecule has 4 heterocycles. The van der Waals surface area contributed by atoms with Gasteiger partial charge in [-0.15, -0.1) is 12.4 Å². The number of aromatic nitrogens is 4. The number of carbonyl (C=O) groups is 3. The van der Waals surface area contributed by atoms with E-state index in [-0.39, 0.29) is 63.6 Å². The number of imidazole rings is 1. The average molecular weight is 670 g/mol. The summed E-state index contributed by atoms with van der Waals surface area (Å²) >= 11 is 6.45. The lowest BCUT2D eigenvalue weighted by Gasteiger charge is -2.35. The van der Waals surface area contributed by atoms with E-state index in [0.29, 0.717) is 38.5 Å². The van der Waals surface area contributed by atoms with Crippen molar-refractivity contribution in [3.05, 3.63) is 52.7 Å². The summed E-state index contributed by atoms with van der Waals surface area (Å²) in [6.07, 6.45) is 0.932. The molecule has 6 rings (SSSR count). The summed E-state index contributed by atoms with van der Waals surface area (Å²) in [5.74, 6) is -0.580. The van der Waals surface area contributed by atoms with E-state index in [1.807, 2.05) is 0 Å². The monoisotopic (exact) mass is 668 g/mol. The number of anilines is 1. The second-order valence-electron chi connectivity index (χ2n) is 11.5. The lowest BCUT2D eigenvalue weighted by atomic mass is 10.0. The minimum Gasteiger partial charge on any atom is -0.339 e. The van der Waals surface area contributed by atoms with Crippen LogP contribution in [-0.4, -0.2) is 86.1 Å². The summed E-state index contributed by atoms with van der Waals surface area (Å²) in [5.41, 5.74) is -0.532. The molecule has 2 saturated heterocycles. The number of piperazine rings is 1. The standard InChI is InChI=1S/C29H32ClF3N8O3.ClH/c1-38-23(21-16-41(19-3-4-19)37-25(21)29(31,32)33)15-35-26(38)27(43)36-18-2-5-20(22(30)13-18)28(44)40-10-8-39(9-11-40)24(42)12-17-6-7-34-14-17;/h2,5,13,15-17,19,34H,3-4,6-12,14H2,1H3,(H,36,43);1H. The molecular weight excluding hydrogens is 636 g/mol. The van der Waals surface area contributed by atoms with Crippen molar-refractivity contribution in [1.29, 1.82) is 0 Å². The summed E-state index contributed by atoms with van der Waals surface area (Å²) in [7, 11) is 1.46. The predicted octanol–water partition coefficient (Wildman–Crippen LogP) is 4.25. The van der Waals surface area contributed by atoms with Gasteiger partial charge >= 0.3 is 6.18 Å². The lowest BCUT2D eigenvalue weighted by Crippen LogP contribution is -2.51. The molecule has 2 aromatic heterocycles. The fourth-order valence-electron chi connectivity index (χ4n) is 5.73. The van der Waals surface area contributed by atoms with Gasteiger partial charge in [-0.25, -0.2) is 4.98 Å². The van der Waals surface area contributed by atoms with Crippen LogP contribution in [-0.2, 0) is 18.0 Å². The second-order valence-corrected chi connectivity index (χ2v) is 11.9. The fraction of sp³-hybridized carbons (Fsp3) is 0.483. The first-order valence-electron chi connectivity index (χ1n) is 14.6. The fourth-order valence-corrected chi connectivity index (χ4v) is 5.99. The predicted molar refractivity (Wildman–Crippen MR) is 162 cm³/mol. The van der Waals surface area contributed by atoms with Crippen molar-refractivity contribution >= 4 is 47.4 Å². The van der Waals surface area contributed by atoms with Gasteiger partial charge in [0, 0.05) is 51.5 Å². The molecular formula is C29H33Cl2F3N8O3. The number of amides is 3. The highest BCUT2D eigenvalue weighted by Gasteiger charge is 2.40. The molecule has 0 radical (unpaired) electrons. The maximum absolute atomic E-state index is 13.7. The number of benzene rings is 1. The molecule has 2 N–H and O–H groups in total. The van der Waals surface area contributed by atoms with Crippen LogP contribution in [0.25, 0.3) is 11.3 Å². The van der Waals surface area contributed by atoms with E-state index in [2.05, 4.69) is 20.7 Å². The second kappa shape index (κ2) is 13.0. The minimum absolute atomic E-state index is 0. The van der Waals surface area contributed by atoms with Gasteiger partial charge in [0.15, 0.2) is 11.5 Å². The molecule has 1 aliphatic carbocycles. The van der Waals surface area contributed by atoms with Crippen LogP contribution >= 0.6 is 24.0 Å². The van der Waals surface area contributed by atoms with Gasteiger partial charge < -0.3 is 25.0 Å². The molecule has 3 fully saturated rings. The third-order valence-corrected chi connectivity index (χ3v) is 8.70. The Hall–Kier alpha value is -3.62. The van der Waals surface area contributed by atoms with Crippen molar-refractivity contribution < 1.29 is 27.6 Å². The maximum Gasteiger partial charge on any atom is 0.435 e. The molecule has 16 heteroatoms. The van der Waals surface area contributed by atoms with E-state index in [1.54, 1.807) is 9.80 Å². The van der Waals surface area contributed by atoms with Crippen LogP contribution in [0, 0.1) is 5.92 Å². The number of rotatable bonds is 7. The zero-order chi connectivity index (χ0) is 31.2. The molecule has 0 spiro atoms. The van der Waals surface area contributed by atoms with Crippen LogP contribution in [0.2, 0.25) is 5.02 Å². The number of hydrogen-bond acceptors (Lipinski definition) is 6. The largest absolute Gasteiger partial charge is 0.435 e. The summed E-state index contributed by atoms with van der Waals surface area (Å²) < 4.78 is 43.8. The molecule has 2 aliphatic heterocycles. The van der Waals surface area contributed by atoms with Gasteiger partial charge in [0.2, 0.25) is 5.91 Å². The number of hydrogen-bond donors (Lipinski definition) is 2. The molecule has 1 aromatic carbocycles. The molecule has 45 heavy (non-hydrogen) atoms. The van der Waals surface area contributed by atoms with Gasteiger partial charge in [-0.05, 0) is 56.5 Å². The molecule has 3 aromatic rings. The van der Waals surface area contributed by atoms with Gasteiger partial charge in [-0.1, -0.05) is 11.6 Å². The zero-order valence-electron chi connectivity index (χ0n) is 24.4. The summed E-state index contributed by atoms with van der Waals surface area (Å²) in [4.78, 5) is 46.4. The molecule has 1 saturated carbocycles. The van der Waals surface area contributed by atoms with Gasteiger partial charge in [0.1, 0.15) is 0 Å². The van der Waals surface area contributed by atoms with Crippen LogP contribution in [0.4, 0.5) is 18.9 Å². The Morgan fingerprint density at radius 3 is 2.42 bits per heavy atom. The Morgan fingerprint density at radius 2 is 1.80 bits per heavy atom. The number of carbonyl (C=O) groups excluding carboxylic acids is 3. The van der Waals surface area contributed by atoms with Gasteiger partial charge in [-0.3, -0.25) is 19.1 Å². The summed E-state index contributed by atoms with van der Waals surface area (Å²) in [5, 5.41) is 9.81. The van der Waals surface area contributed by atoms with Crippen molar-refractivity contribution in [1.82, 2.24) is 34.4 Å². The third-order valence-electron chi connectivity index (χ3n) is 8.39. The average Bonchev–Trinajstić information content (AvgIpc) is 3.34. The number of alkyl halides is 3. The van der Waals surface area contributed by atoms with E-state index in [4.69, 9.17) is 11.6 Å². The summed E-state index contributed by atoms with van der Waals surface area (Å²) in [6.45, 7) is 3.48. The number of halogens is 5. The number of nitrogens with zero attached hydrogens (tertiary/aromatic N) is 6. The Bertz CT molecular complexity index is 1590. The first-order valence-corrected chi connectivity index (χ1v) is 14.9. The van der Waals surface area contributed by atoms with Crippen LogP contribution < -0.4 is 10.6 Å². The quantitative estimate of drug-likeness (QED) is 0.389. The van der Waals surface area contributed by atoms with Crippen LogP contribution in [0.3, 0.4) is 0 Å². The highest BCUT2D eigenvalue weighted by molar-refractivity contribution is 6.34. The van der Waals surface area contributed by atoms with Crippen LogP contribution in [0.5, 0.6) is 0 Å². The van der Waals surface area contributed by atoms with E-state index >= 15 is 0 Å². The molecule has 3 aliphatic rings. The first kappa shape index (κ1) is 32.8. The Morgan fingerprint density at radius 1 is 1.09 bits per heavy atom. The van der Waals surface area contributed by atoms with E-state index in [1.165, 1.54) is 46.9 Å². The van der Waals surface area contributed by atoms with Gasteiger partial charge in [-0.2, -0.15) is 18.3 Å². The van der Waals surface area contributed by atoms with Crippen molar-refractivity contribution in [3.63, 3.8) is 0 Å². The maximum atomic E-state index is 13.7. The topological polar surface area (TPSA) is 117 Å². The van der Waals surface area contributed by atoms with E-state index < -0.39 is 17.8 Å². The van der Waals surface area contributed by atoms with Crippen LogP contribution in [0.15, 0.2) is 30.6 Å². The van der Waals surface area contributed by atoms with Crippen molar-refractivity contribution in [3.8, 4) is 11.3 Å². The third kappa shape index (κ3) is 6.97. The van der Waals surface area contributed by atoms with Crippen molar-refractivity contribution in [2.24, 2.45) is 13.0 Å². The lowest BCUT2D eigenvalue weighted by molar-refractivity contribution is -0.141. The highest BCUT2D eigenvalue weighted by Crippen LogP contribution is 2.41. The molecule has 1 atom stereocenters. The molecule has 242 valence electrons. The molecule has 11 nitrogen and oxygen atoms in total. The normalized spacial score (nSPS) is 18.6. The smallest absolute Gasteiger partial charge is 0.339 e. The Kier molecular flexibility index (Phi) is 9.47.